The number of aromatic hydroxyl groups is 1. The van der Waals surface area contributed by atoms with E-state index in [1.54, 1.807) is 18.3 Å². The van der Waals surface area contributed by atoms with Gasteiger partial charge in [0.05, 0.1) is 0 Å². The number of piperidine rings is 1. The third-order valence-electron chi connectivity index (χ3n) is 5.76. The van der Waals surface area contributed by atoms with E-state index < -0.39 is 15.8 Å². The number of phenols is 1. The number of nitrogens with one attached hydrogen (secondary N) is 1. The molecule has 1 aromatic carbocycles. The van der Waals surface area contributed by atoms with Crippen LogP contribution in [0.3, 0.4) is 0 Å². The first-order chi connectivity index (χ1) is 16.2. The monoisotopic (exact) mass is 732 g/mol. The molecule has 1 aromatic heterocycles. The number of benzene rings is 1. The molecule has 0 bridgehead atoms. The van der Waals surface area contributed by atoms with Crippen molar-refractivity contribution >= 4 is 41.7 Å². The summed E-state index contributed by atoms with van der Waals surface area (Å²) < 4.78 is 8.49. The number of likely N-dealkylation sites (tertiary alicyclic amines) is 1. The van der Waals surface area contributed by atoms with Crippen LogP contribution < -0.4 is 22.8 Å². The van der Waals surface area contributed by atoms with Crippen molar-refractivity contribution in [2.24, 2.45) is 14.1 Å². The summed E-state index contributed by atoms with van der Waals surface area (Å²) in [6.45, 7) is 3.72. The molecule has 2 N–H and O–H groups in total. The minimum atomic E-state index is -1.58. The maximum atomic E-state index is 9.58. The second kappa shape index (κ2) is 11.0. The Bertz CT molecular complexity index is 1120. The first kappa shape index (κ1) is 23.4. The molecule has 3 aliphatic heterocycles. The number of halogens is 3. The molecule has 3 aliphatic rings. The first-order valence-electron chi connectivity index (χ1n) is 10.9. The number of aromatic nitrogens is 1. The molecule has 1 unspecified atom stereocenters. The molecule has 4 heterocycles. The zero-order valence-corrected chi connectivity index (χ0v) is 23.9. The van der Waals surface area contributed by atoms with Gasteiger partial charge in [0.2, 0.25) is 0 Å². The number of hydrogen-bond acceptors (Lipinski definition) is 6. The number of aliphatic imine (C=N–C) groups is 1. The number of allylic oxidation sites excluding steroid dienone is 2. The molecule has 2 aromatic rings. The van der Waals surface area contributed by atoms with Gasteiger partial charge >= 0.3 is 218 Å². The molecule has 1 saturated heterocycles. The van der Waals surface area contributed by atoms with Crippen LogP contribution in [0, 0.1) is 5.92 Å². The average Bonchev–Trinajstić information content (AvgIpc) is 2.85. The van der Waals surface area contributed by atoms with E-state index in [4.69, 9.17) is 8.20 Å². The minimum absolute atomic E-state index is 0.227. The number of fused-ring (bicyclic) bond motifs is 1. The van der Waals surface area contributed by atoms with Gasteiger partial charge in [0, 0.05) is 0 Å². The predicted molar refractivity (Wildman–Crippen MR) is 141 cm³/mol. The molecule has 1 atom stereocenters. The summed E-state index contributed by atoms with van der Waals surface area (Å²) in [4.78, 5) is 11.9. The Morgan fingerprint density at radius 2 is 2.12 bits per heavy atom. The Balaban J connectivity index is 1.37. The summed E-state index contributed by atoms with van der Waals surface area (Å²) in [6.07, 6.45) is 10.4. The summed E-state index contributed by atoms with van der Waals surface area (Å²) in [5.41, 5.74) is 3.69. The Kier molecular flexibility index (Phi) is 7.78. The van der Waals surface area contributed by atoms with Gasteiger partial charge in [-0.1, -0.05) is 0 Å². The van der Waals surface area contributed by atoms with Crippen LogP contribution in [0.5, 0.6) is 5.75 Å². The van der Waals surface area contributed by atoms with E-state index in [0.29, 0.717) is 18.2 Å². The van der Waals surface area contributed by atoms with E-state index >= 15 is 0 Å². The summed E-state index contributed by atoms with van der Waals surface area (Å²) in [5.74, 6) is 0.782. The van der Waals surface area contributed by atoms with Crippen LogP contribution in [0.1, 0.15) is 24.0 Å². The van der Waals surface area contributed by atoms with Gasteiger partial charge in [-0.2, -0.15) is 0 Å². The van der Waals surface area contributed by atoms with Crippen molar-refractivity contribution in [3.05, 3.63) is 79.9 Å². The van der Waals surface area contributed by atoms with Crippen LogP contribution >= 0.6 is 31.8 Å². The third kappa shape index (κ3) is 5.85. The van der Waals surface area contributed by atoms with E-state index in [1.165, 1.54) is 31.5 Å². The summed E-state index contributed by atoms with van der Waals surface area (Å²) in [6, 6.07) is 11.7. The van der Waals surface area contributed by atoms with E-state index in [2.05, 4.69) is 43.3 Å². The standard InChI is InChI=1S/C24H25BrI2N5O/c25-21-14-30-26-27-23(29-13-18-3-1-9-28-12-18)11-22(31-24(21)27)19-4-2-10-32(16-19)15-17-5-7-20(33)8-6-17/h1,3,5-9,11-12,14,19,31,33H,2,4,10,13,15-16H2/q-1. The SMILES string of the molecule is Oc1ccc(CN2CCCC(C3=CC(=NCc4cccnc4)I4[I-]N=CC(Br)=C4N3)C2)cc1. The Hall–Kier alpha value is -1.31. The van der Waals surface area contributed by atoms with Gasteiger partial charge in [-0.05, 0) is 0 Å². The molecule has 0 spiro atoms. The summed E-state index contributed by atoms with van der Waals surface area (Å²) in [7, 11) is 0. The Labute approximate surface area is 216 Å². The van der Waals surface area contributed by atoms with Crippen LogP contribution in [0.2, 0.25) is 0 Å². The van der Waals surface area contributed by atoms with Crippen molar-refractivity contribution in [2.75, 3.05) is 13.1 Å². The van der Waals surface area contributed by atoms with Crippen molar-refractivity contribution in [1.29, 1.82) is 0 Å². The normalized spacial score (nSPS) is 23.5. The van der Waals surface area contributed by atoms with Gasteiger partial charge in [0.15, 0.2) is 0 Å². The fourth-order valence-corrected chi connectivity index (χ4v) is 19.7. The molecule has 33 heavy (non-hydrogen) atoms. The fourth-order valence-electron chi connectivity index (χ4n) is 4.12. The van der Waals surface area contributed by atoms with Crippen molar-refractivity contribution in [2.45, 2.75) is 25.9 Å². The Morgan fingerprint density at radius 1 is 1.24 bits per heavy atom. The van der Waals surface area contributed by atoms with E-state index in [0.717, 1.165) is 29.7 Å². The van der Waals surface area contributed by atoms with Gasteiger partial charge in [-0.25, -0.2) is 0 Å². The quantitative estimate of drug-likeness (QED) is 0.366. The van der Waals surface area contributed by atoms with Gasteiger partial charge in [0.25, 0.3) is 0 Å². The van der Waals surface area contributed by atoms with Gasteiger partial charge < -0.3 is 0 Å². The number of hydrogen-bond donors (Lipinski definition) is 2. The molecule has 174 valence electrons. The molecule has 0 radical (unpaired) electrons. The van der Waals surface area contributed by atoms with Crippen LogP contribution in [-0.4, -0.2) is 38.0 Å². The van der Waals surface area contributed by atoms with Crippen molar-refractivity contribution in [3.8, 4) is 5.75 Å². The molecule has 1 fully saturated rings. The van der Waals surface area contributed by atoms with Gasteiger partial charge in [0.1, 0.15) is 0 Å². The zero-order chi connectivity index (χ0) is 22.6. The topological polar surface area (TPSA) is 73.1 Å². The second-order valence-electron chi connectivity index (χ2n) is 8.16. The summed E-state index contributed by atoms with van der Waals surface area (Å²) in [5, 5.41) is 13.4. The molecule has 5 rings (SSSR count). The third-order valence-corrected chi connectivity index (χ3v) is 20.8. The van der Waals surface area contributed by atoms with Crippen LogP contribution in [0.15, 0.2) is 76.9 Å². The van der Waals surface area contributed by atoms with Crippen molar-refractivity contribution in [1.82, 2.24) is 15.2 Å². The van der Waals surface area contributed by atoms with Crippen LogP contribution in [-0.2, 0) is 13.1 Å². The molecule has 9 heteroatoms. The van der Waals surface area contributed by atoms with Crippen molar-refractivity contribution < 1.29 is 22.6 Å². The molecular weight excluding hydrogens is 708 g/mol. The average molecular weight is 733 g/mol. The predicted octanol–water partition coefficient (Wildman–Crippen LogP) is 2.16. The van der Waals surface area contributed by atoms with E-state index in [1.807, 2.05) is 30.6 Å². The summed E-state index contributed by atoms with van der Waals surface area (Å²) >= 11 is 1.97. The van der Waals surface area contributed by atoms with Crippen LogP contribution in [0.25, 0.3) is 0 Å². The molecular formula is C24H25BrI2N5O-. The zero-order valence-electron chi connectivity index (χ0n) is 18.0. The van der Waals surface area contributed by atoms with Gasteiger partial charge in [-0.15, -0.1) is 0 Å². The number of pyridine rings is 1. The number of rotatable bonds is 5. The van der Waals surface area contributed by atoms with Gasteiger partial charge in [-0.3, -0.25) is 0 Å². The molecule has 6 nitrogen and oxygen atoms in total. The second-order valence-corrected chi connectivity index (χ2v) is 21.4. The van der Waals surface area contributed by atoms with Crippen molar-refractivity contribution in [3.63, 3.8) is 0 Å². The van der Waals surface area contributed by atoms with E-state index in [-0.39, 0.29) is 17.5 Å². The number of phenolic OH excluding ortho intramolecular Hbond substituents is 1. The Morgan fingerprint density at radius 3 is 2.94 bits per heavy atom. The number of nitrogens with zero attached hydrogens (tertiary/aromatic N) is 4. The fraction of sp³-hybridized carbons (Fsp3) is 0.292. The molecule has 0 amide bonds. The molecule has 0 aliphatic carbocycles. The maximum absolute atomic E-state index is 9.58. The van der Waals surface area contributed by atoms with E-state index in [9.17, 15) is 5.11 Å². The first-order valence-corrected chi connectivity index (χ1v) is 21.1. The molecule has 0 saturated carbocycles. The van der Waals surface area contributed by atoms with Crippen LogP contribution in [0.4, 0.5) is 0 Å².